The molecule has 0 unspecified atom stereocenters. The van der Waals surface area contributed by atoms with Crippen molar-refractivity contribution < 1.29 is 8.42 Å². The molecule has 4 nitrogen and oxygen atoms in total. The summed E-state index contributed by atoms with van der Waals surface area (Å²) in [5.41, 5.74) is 7.75. The van der Waals surface area contributed by atoms with E-state index in [1.165, 1.54) is 6.07 Å². The van der Waals surface area contributed by atoms with Gasteiger partial charge >= 0.3 is 0 Å². The molecule has 0 aliphatic carbocycles. The fourth-order valence-electron chi connectivity index (χ4n) is 1.77. The Labute approximate surface area is 106 Å². The summed E-state index contributed by atoms with van der Waals surface area (Å²) in [6, 6.07) is 14.7. The molecule has 94 valence electrons. The third-order valence-corrected chi connectivity index (χ3v) is 3.60. The van der Waals surface area contributed by atoms with E-state index in [4.69, 9.17) is 10.9 Å². The Morgan fingerprint density at radius 1 is 0.944 bits per heavy atom. The van der Waals surface area contributed by atoms with Crippen molar-refractivity contribution in [3.05, 3.63) is 59.7 Å². The molecule has 0 spiro atoms. The van der Waals surface area contributed by atoms with Crippen LogP contribution < -0.4 is 10.9 Å². The van der Waals surface area contributed by atoms with Crippen LogP contribution in [0.4, 0.5) is 5.69 Å². The van der Waals surface area contributed by atoms with Crippen molar-refractivity contribution in [2.24, 2.45) is 5.14 Å². The van der Waals surface area contributed by atoms with Gasteiger partial charge in [-0.05, 0) is 29.7 Å². The molecular formula is C13H14N2O2S. The van der Waals surface area contributed by atoms with Gasteiger partial charge in [0.2, 0.25) is 10.0 Å². The fraction of sp³-hybridized carbons (Fsp3) is 0.0769. The van der Waals surface area contributed by atoms with E-state index in [0.717, 1.165) is 11.1 Å². The van der Waals surface area contributed by atoms with Gasteiger partial charge in [-0.15, -0.1) is 0 Å². The topological polar surface area (TPSA) is 86.2 Å². The third kappa shape index (κ3) is 2.88. The van der Waals surface area contributed by atoms with Crippen LogP contribution >= 0.6 is 0 Å². The van der Waals surface area contributed by atoms with Gasteiger partial charge in [0.05, 0.1) is 5.69 Å². The molecule has 0 aliphatic rings. The highest BCUT2D eigenvalue weighted by atomic mass is 32.2. The van der Waals surface area contributed by atoms with Gasteiger partial charge in [0, 0.05) is 0 Å². The van der Waals surface area contributed by atoms with Gasteiger partial charge in [-0.2, -0.15) is 0 Å². The number of primary sulfonamides is 1. The van der Waals surface area contributed by atoms with Crippen LogP contribution in [0.3, 0.4) is 0 Å². The number of hydrogen-bond acceptors (Lipinski definition) is 3. The summed E-state index contributed by atoms with van der Waals surface area (Å²) >= 11 is 0. The number of benzene rings is 2. The molecule has 0 bridgehead atoms. The van der Waals surface area contributed by atoms with Crippen molar-refractivity contribution in [1.29, 1.82) is 0 Å². The van der Waals surface area contributed by atoms with Crippen molar-refractivity contribution >= 4 is 15.7 Å². The van der Waals surface area contributed by atoms with Gasteiger partial charge in [-0.25, -0.2) is 13.6 Å². The summed E-state index contributed by atoms with van der Waals surface area (Å²) in [4.78, 5) is -0.0177. The Morgan fingerprint density at radius 2 is 1.61 bits per heavy atom. The van der Waals surface area contributed by atoms with Crippen molar-refractivity contribution in [2.45, 2.75) is 11.3 Å². The maximum absolute atomic E-state index is 11.4. The van der Waals surface area contributed by atoms with Crippen LogP contribution in [-0.4, -0.2) is 8.42 Å². The molecule has 2 aromatic carbocycles. The first-order valence-corrected chi connectivity index (χ1v) is 6.96. The first-order valence-electron chi connectivity index (χ1n) is 5.42. The van der Waals surface area contributed by atoms with Crippen molar-refractivity contribution in [3.8, 4) is 0 Å². The molecule has 2 aromatic rings. The number of nitrogens with two attached hydrogens (primary N) is 2. The lowest BCUT2D eigenvalue weighted by Gasteiger charge is -2.07. The number of rotatable bonds is 3. The molecule has 0 atom stereocenters. The molecule has 0 amide bonds. The first-order chi connectivity index (χ1) is 8.47. The minimum atomic E-state index is -3.77. The maximum Gasteiger partial charge on any atom is 0.240 e. The van der Waals surface area contributed by atoms with Gasteiger partial charge in [0.25, 0.3) is 0 Å². The number of anilines is 1. The Bertz CT molecular complexity index is 652. The van der Waals surface area contributed by atoms with Crippen LogP contribution in [0, 0.1) is 0 Å². The fourth-order valence-corrected chi connectivity index (χ4v) is 2.48. The zero-order valence-corrected chi connectivity index (χ0v) is 10.5. The van der Waals surface area contributed by atoms with E-state index in [1.807, 2.05) is 30.3 Å². The lowest BCUT2D eigenvalue weighted by Crippen LogP contribution is -2.14. The van der Waals surface area contributed by atoms with Crippen LogP contribution in [0.1, 0.15) is 11.1 Å². The van der Waals surface area contributed by atoms with Gasteiger partial charge in [-0.1, -0.05) is 36.4 Å². The summed E-state index contributed by atoms with van der Waals surface area (Å²) in [6.45, 7) is 0. The van der Waals surface area contributed by atoms with E-state index in [-0.39, 0.29) is 10.6 Å². The van der Waals surface area contributed by atoms with Gasteiger partial charge in [0.15, 0.2) is 0 Å². The summed E-state index contributed by atoms with van der Waals surface area (Å²) < 4.78 is 22.7. The molecule has 0 radical (unpaired) electrons. The number of sulfonamides is 1. The minimum Gasteiger partial charge on any atom is -0.398 e. The van der Waals surface area contributed by atoms with Crippen LogP contribution in [-0.2, 0) is 16.4 Å². The predicted molar refractivity (Wildman–Crippen MR) is 71.5 cm³/mol. The lowest BCUT2D eigenvalue weighted by molar-refractivity contribution is 0.598. The average molecular weight is 262 g/mol. The summed E-state index contributed by atoms with van der Waals surface area (Å²) in [6.07, 6.45) is 0.642. The van der Waals surface area contributed by atoms with Gasteiger partial charge < -0.3 is 5.73 Å². The lowest BCUT2D eigenvalue weighted by atomic mass is 10.0. The van der Waals surface area contributed by atoms with Crippen molar-refractivity contribution in [2.75, 3.05) is 5.73 Å². The van der Waals surface area contributed by atoms with E-state index >= 15 is 0 Å². The zero-order valence-electron chi connectivity index (χ0n) is 9.71. The SMILES string of the molecule is Nc1ccc(Cc2ccccc2)cc1S(N)(=O)=O. The molecule has 4 N–H and O–H groups in total. The second-order valence-corrected chi connectivity index (χ2v) is 5.61. The second kappa shape index (κ2) is 4.80. The van der Waals surface area contributed by atoms with Gasteiger partial charge in [0.1, 0.15) is 4.90 Å². The number of hydrogen-bond donors (Lipinski definition) is 2. The molecule has 0 saturated heterocycles. The van der Waals surface area contributed by atoms with Crippen LogP contribution in [0.25, 0.3) is 0 Å². The molecule has 0 aliphatic heterocycles. The van der Waals surface area contributed by atoms with Gasteiger partial charge in [-0.3, -0.25) is 0 Å². The molecule has 0 aromatic heterocycles. The van der Waals surface area contributed by atoms with Crippen LogP contribution in [0.15, 0.2) is 53.4 Å². The van der Waals surface area contributed by atoms with E-state index in [2.05, 4.69) is 0 Å². The third-order valence-electron chi connectivity index (χ3n) is 2.64. The predicted octanol–water partition coefficient (Wildman–Crippen LogP) is 1.51. The minimum absolute atomic E-state index is 0.0177. The zero-order chi connectivity index (χ0) is 13.2. The Hall–Kier alpha value is -1.85. The largest absolute Gasteiger partial charge is 0.398 e. The summed E-state index contributed by atoms with van der Waals surface area (Å²) in [5, 5.41) is 5.11. The first kappa shape index (κ1) is 12.6. The molecule has 0 saturated carbocycles. The standard InChI is InChI=1S/C13H14N2O2S/c14-12-7-6-11(9-13(12)18(15,16)17)8-10-4-2-1-3-5-10/h1-7,9H,8,14H2,(H2,15,16,17). The normalized spacial score (nSPS) is 11.4. The van der Waals surface area contributed by atoms with E-state index < -0.39 is 10.0 Å². The maximum atomic E-state index is 11.4. The average Bonchev–Trinajstić information content (AvgIpc) is 2.31. The van der Waals surface area contributed by atoms with E-state index in [0.29, 0.717) is 6.42 Å². The summed E-state index contributed by atoms with van der Waals surface area (Å²) in [7, 11) is -3.77. The highest BCUT2D eigenvalue weighted by molar-refractivity contribution is 7.89. The Morgan fingerprint density at radius 3 is 2.22 bits per heavy atom. The molecule has 2 rings (SSSR count). The highest BCUT2D eigenvalue weighted by Crippen LogP contribution is 2.20. The monoisotopic (exact) mass is 262 g/mol. The summed E-state index contributed by atoms with van der Waals surface area (Å²) in [5.74, 6) is 0. The van der Waals surface area contributed by atoms with E-state index in [1.54, 1.807) is 12.1 Å². The molecular weight excluding hydrogens is 248 g/mol. The molecule has 0 fully saturated rings. The van der Waals surface area contributed by atoms with Crippen LogP contribution in [0.2, 0.25) is 0 Å². The van der Waals surface area contributed by atoms with E-state index in [9.17, 15) is 8.42 Å². The van der Waals surface area contributed by atoms with Crippen molar-refractivity contribution in [1.82, 2.24) is 0 Å². The Balaban J connectivity index is 2.37. The Kier molecular flexibility index (Phi) is 3.36. The smallest absolute Gasteiger partial charge is 0.240 e. The molecule has 0 heterocycles. The molecule has 18 heavy (non-hydrogen) atoms. The number of nitrogen functional groups attached to an aromatic ring is 1. The van der Waals surface area contributed by atoms with Crippen LogP contribution in [0.5, 0.6) is 0 Å². The van der Waals surface area contributed by atoms with Crippen molar-refractivity contribution in [3.63, 3.8) is 0 Å². The second-order valence-electron chi connectivity index (χ2n) is 4.08. The molecule has 5 heteroatoms. The quantitative estimate of drug-likeness (QED) is 0.822. The highest BCUT2D eigenvalue weighted by Gasteiger charge is 2.12.